The van der Waals surface area contributed by atoms with Crippen molar-refractivity contribution in [2.75, 3.05) is 36.0 Å². The molecule has 0 bridgehead atoms. The van der Waals surface area contributed by atoms with Gasteiger partial charge in [-0.25, -0.2) is 13.1 Å². The molecule has 2 atom stereocenters. The quantitative estimate of drug-likeness (QED) is 0.272. The number of nitrogens with one attached hydrogen (secondary N) is 1. The molecule has 9 heteroatoms. The van der Waals surface area contributed by atoms with Crippen LogP contribution in [0.2, 0.25) is 0 Å². The van der Waals surface area contributed by atoms with Crippen LogP contribution in [0.5, 0.6) is 0 Å². The van der Waals surface area contributed by atoms with E-state index in [1.165, 1.54) is 11.1 Å². The van der Waals surface area contributed by atoms with Crippen molar-refractivity contribution in [2.24, 2.45) is 5.73 Å². The number of nitrogens with two attached hydrogens (primary N) is 1. The molecule has 3 aromatic carbocycles. The van der Waals surface area contributed by atoms with Crippen molar-refractivity contribution in [1.29, 1.82) is 0 Å². The van der Waals surface area contributed by atoms with Gasteiger partial charge in [0.05, 0.1) is 15.9 Å². The molecule has 0 unspecified atom stereocenters. The summed E-state index contributed by atoms with van der Waals surface area (Å²) in [6.45, 7) is 9.17. The third kappa shape index (κ3) is 6.26. The van der Waals surface area contributed by atoms with E-state index in [4.69, 9.17) is 5.73 Å². The van der Waals surface area contributed by atoms with Gasteiger partial charge in [0.1, 0.15) is 0 Å². The summed E-state index contributed by atoms with van der Waals surface area (Å²) in [7, 11) is -3.56. The molecule has 228 valence electrons. The normalized spacial score (nSPS) is 18.5. The molecule has 2 aliphatic rings. The lowest BCUT2D eigenvalue weighted by molar-refractivity contribution is 0.560. The molecule has 8 nitrogen and oxygen atoms in total. The van der Waals surface area contributed by atoms with Gasteiger partial charge >= 0.3 is 0 Å². The van der Waals surface area contributed by atoms with Gasteiger partial charge in [0, 0.05) is 72.8 Å². The number of anilines is 2. The van der Waals surface area contributed by atoms with Gasteiger partial charge in [-0.15, -0.1) is 0 Å². The number of pyridine rings is 2. The van der Waals surface area contributed by atoms with Crippen LogP contribution in [-0.2, 0) is 10.0 Å². The van der Waals surface area contributed by atoms with Crippen molar-refractivity contribution in [3.05, 3.63) is 102 Å². The number of hydrogen-bond acceptors (Lipinski definition) is 7. The SMILES string of the molecule is Cc1cc(C)c(S(=O)(=O)N[C@H]2CCN(c3cccc4ncccc34)C2)c(C)c1.N[C@H]1CCN(c2cccc3ncccc23)C1. The summed E-state index contributed by atoms with van der Waals surface area (Å²) in [6, 6.07) is 24.5. The molecule has 2 aliphatic heterocycles. The van der Waals surface area contributed by atoms with Crippen molar-refractivity contribution in [2.45, 2.75) is 50.6 Å². The topological polar surface area (TPSA) is 104 Å². The van der Waals surface area contributed by atoms with Crippen molar-refractivity contribution in [1.82, 2.24) is 14.7 Å². The summed E-state index contributed by atoms with van der Waals surface area (Å²) < 4.78 is 29.0. The predicted octanol–water partition coefficient (Wildman–Crippen LogP) is 5.49. The smallest absolute Gasteiger partial charge is 0.241 e. The molecule has 2 aromatic heterocycles. The van der Waals surface area contributed by atoms with Crippen LogP contribution >= 0.6 is 0 Å². The lowest BCUT2D eigenvalue weighted by Crippen LogP contribution is -2.37. The monoisotopic (exact) mass is 608 g/mol. The fourth-order valence-corrected chi connectivity index (χ4v) is 8.39. The number of rotatable bonds is 5. The number of nitrogens with zero attached hydrogens (tertiary/aromatic N) is 4. The number of aromatic nitrogens is 2. The van der Waals surface area contributed by atoms with Crippen molar-refractivity contribution < 1.29 is 8.42 Å². The van der Waals surface area contributed by atoms with Crippen molar-refractivity contribution >= 4 is 43.2 Å². The molecule has 2 fully saturated rings. The Hall–Kier alpha value is -4.05. The molecule has 0 aliphatic carbocycles. The Balaban J connectivity index is 0.000000181. The van der Waals surface area contributed by atoms with Gasteiger partial charge in [-0.3, -0.25) is 9.97 Å². The molecule has 2 saturated heterocycles. The van der Waals surface area contributed by atoms with Gasteiger partial charge in [0.2, 0.25) is 10.0 Å². The fourth-order valence-electron chi connectivity index (χ4n) is 6.68. The molecule has 0 saturated carbocycles. The molecule has 5 aromatic rings. The minimum absolute atomic E-state index is 0.114. The molecule has 0 radical (unpaired) electrons. The predicted molar refractivity (Wildman–Crippen MR) is 180 cm³/mol. The average Bonchev–Trinajstić information content (AvgIpc) is 3.64. The standard InChI is InChI=1S/C22H25N3O2S.C13H15N3/c1-15-12-16(2)22(17(3)13-15)28(26,27)24-18-9-11-25(14-18)21-8-4-7-20-19(21)6-5-10-23-20;14-10-6-8-16(9-10)13-5-1-4-12-11(13)3-2-7-15-12/h4-8,10,12-13,18,24H,9,11,14H2,1-3H3;1-5,7,10H,6,8-9,14H2/t18-;10-/m00/s1. The van der Waals surface area contributed by atoms with Crippen LogP contribution < -0.4 is 20.3 Å². The van der Waals surface area contributed by atoms with Crippen LogP contribution in [0.4, 0.5) is 11.4 Å². The van der Waals surface area contributed by atoms with E-state index in [1.807, 2.05) is 63.4 Å². The first-order valence-corrected chi connectivity index (χ1v) is 16.7. The Morgan fingerprint density at radius 1 is 0.750 bits per heavy atom. The zero-order chi connectivity index (χ0) is 30.8. The maximum atomic E-state index is 13.1. The van der Waals surface area contributed by atoms with Gasteiger partial charge in [-0.2, -0.15) is 0 Å². The maximum absolute atomic E-state index is 13.1. The van der Waals surface area contributed by atoms with E-state index in [0.29, 0.717) is 17.5 Å². The van der Waals surface area contributed by atoms with Crippen LogP contribution in [0, 0.1) is 20.8 Å². The van der Waals surface area contributed by atoms with E-state index < -0.39 is 10.0 Å². The Morgan fingerprint density at radius 3 is 1.84 bits per heavy atom. The maximum Gasteiger partial charge on any atom is 0.241 e. The van der Waals surface area contributed by atoms with E-state index in [0.717, 1.165) is 71.3 Å². The average molecular weight is 609 g/mol. The summed E-state index contributed by atoms with van der Waals surface area (Å²) >= 11 is 0. The van der Waals surface area contributed by atoms with Crippen LogP contribution in [0.3, 0.4) is 0 Å². The zero-order valence-corrected chi connectivity index (χ0v) is 26.4. The van der Waals surface area contributed by atoms with Crippen LogP contribution in [0.1, 0.15) is 29.5 Å². The summed E-state index contributed by atoms with van der Waals surface area (Å²) in [5.41, 5.74) is 13.0. The highest BCUT2D eigenvalue weighted by atomic mass is 32.2. The molecule has 4 heterocycles. The highest BCUT2D eigenvalue weighted by Gasteiger charge is 2.30. The third-order valence-corrected chi connectivity index (χ3v) is 10.4. The second kappa shape index (κ2) is 12.5. The van der Waals surface area contributed by atoms with Gasteiger partial charge in [0.15, 0.2) is 0 Å². The van der Waals surface area contributed by atoms with E-state index in [1.54, 1.807) is 6.20 Å². The van der Waals surface area contributed by atoms with Crippen LogP contribution in [0.15, 0.2) is 90.1 Å². The Labute approximate surface area is 260 Å². The molecule has 3 N–H and O–H groups in total. The lowest BCUT2D eigenvalue weighted by atomic mass is 10.1. The van der Waals surface area contributed by atoms with Crippen LogP contribution in [-0.4, -0.2) is 56.6 Å². The van der Waals surface area contributed by atoms with Crippen LogP contribution in [0.25, 0.3) is 21.8 Å². The highest BCUT2D eigenvalue weighted by molar-refractivity contribution is 7.89. The lowest BCUT2D eigenvalue weighted by Gasteiger charge is -2.21. The summed E-state index contributed by atoms with van der Waals surface area (Å²) in [4.78, 5) is 13.8. The van der Waals surface area contributed by atoms with E-state index in [9.17, 15) is 8.42 Å². The van der Waals surface area contributed by atoms with Gasteiger partial charge < -0.3 is 15.5 Å². The number of benzene rings is 3. The number of fused-ring (bicyclic) bond motifs is 2. The van der Waals surface area contributed by atoms with E-state index >= 15 is 0 Å². The second-order valence-electron chi connectivity index (χ2n) is 12.0. The Morgan fingerprint density at radius 2 is 1.30 bits per heavy atom. The largest absolute Gasteiger partial charge is 0.369 e. The van der Waals surface area contributed by atoms with Crippen molar-refractivity contribution in [3.63, 3.8) is 0 Å². The zero-order valence-electron chi connectivity index (χ0n) is 25.6. The van der Waals surface area contributed by atoms with Gasteiger partial charge in [-0.05, 0) is 93.3 Å². The number of hydrogen-bond donors (Lipinski definition) is 2. The molecule has 7 rings (SSSR count). The first-order chi connectivity index (χ1) is 21.2. The molecule has 0 spiro atoms. The second-order valence-corrected chi connectivity index (χ2v) is 13.6. The molecular formula is C35H40N6O2S. The first kappa shape index (κ1) is 30.0. The summed E-state index contributed by atoms with van der Waals surface area (Å²) in [6.07, 6.45) is 5.48. The minimum Gasteiger partial charge on any atom is -0.369 e. The first-order valence-electron chi connectivity index (χ1n) is 15.2. The molecule has 0 amide bonds. The van der Waals surface area contributed by atoms with E-state index in [-0.39, 0.29) is 6.04 Å². The molecular weight excluding hydrogens is 568 g/mol. The summed E-state index contributed by atoms with van der Waals surface area (Å²) in [5.74, 6) is 0. The Kier molecular flexibility index (Phi) is 8.53. The van der Waals surface area contributed by atoms with Gasteiger partial charge in [-0.1, -0.05) is 29.8 Å². The minimum atomic E-state index is -3.56. The molecule has 44 heavy (non-hydrogen) atoms. The highest BCUT2D eigenvalue weighted by Crippen LogP contribution is 2.30. The summed E-state index contributed by atoms with van der Waals surface area (Å²) in [5, 5.41) is 2.32. The van der Waals surface area contributed by atoms with E-state index in [2.05, 4.69) is 60.9 Å². The number of aryl methyl sites for hydroxylation is 3. The number of sulfonamides is 1. The fraction of sp³-hybridized carbons (Fsp3) is 0.314. The van der Waals surface area contributed by atoms with Gasteiger partial charge in [0.25, 0.3) is 0 Å². The van der Waals surface area contributed by atoms with Crippen molar-refractivity contribution in [3.8, 4) is 0 Å². The Bertz CT molecular complexity index is 1880. The third-order valence-electron chi connectivity index (χ3n) is 8.53.